The molecule has 0 saturated carbocycles. The molecule has 184 valence electrons. The fraction of sp³-hybridized carbons (Fsp3) is 0.600. The lowest BCUT2D eigenvalue weighted by molar-refractivity contribution is 0.482. The first-order valence-corrected chi connectivity index (χ1v) is 14.8. The number of hydrogen-bond donors (Lipinski definition) is 0. The van der Waals surface area contributed by atoms with Gasteiger partial charge in [-0.05, 0) is 42.8 Å². The summed E-state index contributed by atoms with van der Waals surface area (Å²) < 4.78 is 18.3. The second-order valence-corrected chi connectivity index (χ2v) is 10.8. The molecule has 0 bridgehead atoms. The Labute approximate surface area is 206 Å². The zero-order valence-corrected chi connectivity index (χ0v) is 21.8. The highest BCUT2D eigenvalue weighted by molar-refractivity contribution is 7.85. The first-order chi connectivity index (χ1) is 16.3. The standard InChI is InChI=1S/C30H46O2S/c1-2-3-4-5-6-7-8-9-10-11-12-13-14-15-16-20-27-33(31)30-25-23-29(24-26-30)32-28-21-18-17-19-22-28/h17-19,21-26H,2-16,20,27H2,1H3. The minimum atomic E-state index is -0.911. The van der Waals surface area contributed by atoms with E-state index in [1.807, 2.05) is 54.6 Å². The van der Waals surface area contributed by atoms with Crippen molar-refractivity contribution >= 4 is 10.8 Å². The van der Waals surface area contributed by atoms with Crippen LogP contribution in [0.3, 0.4) is 0 Å². The molecule has 0 aliphatic heterocycles. The summed E-state index contributed by atoms with van der Waals surface area (Å²) in [5, 5.41) is 0. The molecule has 0 aromatic heterocycles. The van der Waals surface area contributed by atoms with Gasteiger partial charge < -0.3 is 4.74 Å². The molecule has 1 unspecified atom stereocenters. The van der Waals surface area contributed by atoms with Crippen LogP contribution in [0, 0.1) is 0 Å². The summed E-state index contributed by atoms with van der Waals surface area (Å²) in [4.78, 5) is 0.899. The van der Waals surface area contributed by atoms with Gasteiger partial charge in [0.25, 0.3) is 0 Å². The van der Waals surface area contributed by atoms with Crippen molar-refractivity contribution in [3.05, 3.63) is 54.6 Å². The fourth-order valence-electron chi connectivity index (χ4n) is 4.18. The summed E-state index contributed by atoms with van der Waals surface area (Å²) in [5.74, 6) is 2.36. The fourth-order valence-corrected chi connectivity index (χ4v) is 5.32. The van der Waals surface area contributed by atoms with Crippen LogP contribution in [0.5, 0.6) is 11.5 Å². The quantitative estimate of drug-likeness (QED) is 0.180. The van der Waals surface area contributed by atoms with Gasteiger partial charge in [0.2, 0.25) is 0 Å². The maximum absolute atomic E-state index is 12.5. The highest BCUT2D eigenvalue weighted by atomic mass is 32.2. The Balaban J connectivity index is 1.40. The van der Waals surface area contributed by atoms with Gasteiger partial charge in [-0.15, -0.1) is 0 Å². The number of para-hydroxylation sites is 1. The van der Waals surface area contributed by atoms with Crippen molar-refractivity contribution in [2.75, 3.05) is 5.75 Å². The van der Waals surface area contributed by atoms with E-state index >= 15 is 0 Å². The van der Waals surface area contributed by atoms with E-state index in [1.54, 1.807) is 0 Å². The van der Waals surface area contributed by atoms with Crippen LogP contribution in [-0.4, -0.2) is 9.96 Å². The van der Waals surface area contributed by atoms with Crippen molar-refractivity contribution < 1.29 is 8.95 Å². The first-order valence-electron chi connectivity index (χ1n) is 13.5. The van der Waals surface area contributed by atoms with Crippen molar-refractivity contribution in [3.8, 4) is 11.5 Å². The van der Waals surface area contributed by atoms with Gasteiger partial charge in [0.1, 0.15) is 11.5 Å². The predicted octanol–water partition coefficient (Wildman–Crippen LogP) is 9.85. The van der Waals surface area contributed by atoms with Crippen LogP contribution in [0.1, 0.15) is 110 Å². The van der Waals surface area contributed by atoms with Gasteiger partial charge in [0.15, 0.2) is 0 Å². The van der Waals surface area contributed by atoms with E-state index in [4.69, 9.17) is 4.74 Å². The molecule has 2 nitrogen and oxygen atoms in total. The Morgan fingerprint density at radius 3 is 1.45 bits per heavy atom. The summed E-state index contributed by atoms with van der Waals surface area (Å²) in [6, 6.07) is 17.4. The zero-order chi connectivity index (χ0) is 23.4. The molecular formula is C30H46O2S. The Kier molecular flexibility index (Phi) is 15.7. The average molecular weight is 471 g/mol. The minimum Gasteiger partial charge on any atom is -0.457 e. The van der Waals surface area contributed by atoms with Crippen molar-refractivity contribution in [1.82, 2.24) is 0 Å². The van der Waals surface area contributed by atoms with Gasteiger partial charge in [0, 0.05) is 10.6 Å². The van der Waals surface area contributed by atoms with E-state index in [1.165, 1.54) is 96.3 Å². The van der Waals surface area contributed by atoms with Gasteiger partial charge in [-0.3, -0.25) is 4.21 Å². The lowest BCUT2D eigenvalue weighted by Crippen LogP contribution is -1.98. The Hall–Kier alpha value is -1.61. The molecule has 2 aromatic rings. The second kappa shape index (κ2) is 18.8. The molecule has 3 heteroatoms. The van der Waals surface area contributed by atoms with Crippen LogP contribution in [-0.2, 0) is 10.8 Å². The third-order valence-electron chi connectivity index (χ3n) is 6.25. The molecule has 0 aliphatic rings. The maximum Gasteiger partial charge on any atom is 0.127 e. The molecule has 0 N–H and O–H groups in total. The van der Waals surface area contributed by atoms with Crippen molar-refractivity contribution in [2.24, 2.45) is 0 Å². The van der Waals surface area contributed by atoms with E-state index < -0.39 is 10.8 Å². The molecule has 0 spiro atoms. The lowest BCUT2D eigenvalue weighted by Gasteiger charge is -2.07. The molecular weight excluding hydrogens is 424 g/mol. The normalized spacial score (nSPS) is 12.0. The summed E-state index contributed by atoms with van der Waals surface area (Å²) in [6.07, 6.45) is 21.8. The Morgan fingerprint density at radius 1 is 0.545 bits per heavy atom. The number of rotatable bonds is 20. The molecule has 0 amide bonds. The van der Waals surface area contributed by atoms with Crippen molar-refractivity contribution in [1.29, 1.82) is 0 Å². The van der Waals surface area contributed by atoms with Crippen LogP contribution in [0.25, 0.3) is 0 Å². The molecule has 0 aliphatic carbocycles. The Bertz CT molecular complexity index is 727. The minimum absolute atomic E-state index is 0.761. The van der Waals surface area contributed by atoms with E-state index in [2.05, 4.69) is 6.92 Å². The lowest BCUT2D eigenvalue weighted by atomic mass is 10.0. The van der Waals surface area contributed by atoms with E-state index in [-0.39, 0.29) is 0 Å². The van der Waals surface area contributed by atoms with Crippen LogP contribution >= 0.6 is 0 Å². The van der Waals surface area contributed by atoms with E-state index in [0.717, 1.165) is 28.6 Å². The number of benzene rings is 2. The van der Waals surface area contributed by atoms with E-state index in [0.29, 0.717) is 0 Å². The summed E-state index contributed by atoms with van der Waals surface area (Å²) in [5.41, 5.74) is 0. The summed E-state index contributed by atoms with van der Waals surface area (Å²) in [7, 11) is -0.911. The number of unbranched alkanes of at least 4 members (excludes halogenated alkanes) is 15. The van der Waals surface area contributed by atoms with Gasteiger partial charge >= 0.3 is 0 Å². The molecule has 2 aromatic carbocycles. The smallest absolute Gasteiger partial charge is 0.127 e. The van der Waals surface area contributed by atoms with Gasteiger partial charge in [0.05, 0.1) is 10.8 Å². The third-order valence-corrected chi connectivity index (χ3v) is 7.71. The predicted molar refractivity (Wildman–Crippen MR) is 144 cm³/mol. The highest BCUT2D eigenvalue weighted by Crippen LogP contribution is 2.22. The Morgan fingerprint density at radius 2 is 0.970 bits per heavy atom. The number of ether oxygens (including phenoxy) is 1. The SMILES string of the molecule is CCCCCCCCCCCCCCCCCCS(=O)c1ccc(Oc2ccccc2)cc1. The van der Waals surface area contributed by atoms with Crippen LogP contribution in [0.15, 0.2) is 59.5 Å². The third kappa shape index (κ3) is 13.6. The van der Waals surface area contributed by atoms with Gasteiger partial charge in [-0.25, -0.2) is 0 Å². The monoisotopic (exact) mass is 470 g/mol. The summed E-state index contributed by atoms with van der Waals surface area (Å²) >= 11 is 0. The maximum atomic E-state index is 12.5. The molecule has 33 heavy (non-hydrogen) atoms. The highest BCUT2D eigenvalue weighted by Gasteiger charge is 2.05. The molecule has 0 radical (unpaired) electrons. The topological polar surface area (TPSA) is 26.3 Å². The second-order valence-electron chi connectivity index (χ2n) is 9.24. The van der Waals surface area contributed by atoms with Gasteiger partial charge in [-0.1, -0.05) is 121 Å². The average Bonchev–Trinajstić information content (AvgIpc) is 2.85. The molecule has 0 fully saturated rings. The molecule has 0 heterocycles. The number of hydrogen-bond acceptors (Lipinski definition) is 2. The van der Waals surface area contributed by atoms with Crippen LogP contribution < -0.4 is 4.74 Å². The molecule has 1 atom stereocenters. The van der Waals surface area contributed by atoms with Crippen LogP contribution in [0.2, 0.25) is 0 Å². The van der Waals surface area contributed by atoms with Crippen molar-refractivity contribution in [2.45, 2.75) is 115 Å². The van der Waals surface area contributed by atoms with E-state index in [9.17, 15) is 4.21 Å². The molecule has 0 saturated heterocycles. The van der Waals surface area contributed by atoms with Crippen LogP contribution in [0.4, 0.5) is 0 Å². The first kappa shape index (κ1) is 27.6. The largest absolute Gasteiger partial charge is 0.457 e. The zero-order valence-electron chi connectivity index (χ0n) is 20.9. The summed E-state index contributed by atoms with van der Waals surface area (Å²) in [6.45, 7) is 2.28. The molecule has 2 rings (SSSR count). The van der Waals surface area contributed by atoms with Crippen molar-refractivity contribution in [3.63, 3.8) is 0 Å². The van der Waals surface area contributed by atoms with Gasteiger partial charge in [-0.2, -0.15) is 0 Å².